The van der Waals surface area contributed by atoms with Gasteiger partial charge in [0.25, 0.3) is 0 Å². The van der Waals surface area contributed by atoms with Crippen LogP contribution in [0.25, 0.3) is 0 Å². The van der Waals surface area contributed by atoms with Crippen molar-refractivity contribution in [3.05, 3.63) is 24.3 Å². The number of hydrogen-bond donors (Lipinski definition) is 0. The molecule has 7 nitrogen and oxygen atoms in total. The maximum Gasteiger partial charge on any atom is 0.242 e. The van der Waals surface area contributed by atoms with E-state index in [0.717, 1.165) is 50.2 Å². The van der Waals surface area contributed by atoms with Crippen molar-refractivity contribution in [2.75, 3.05) is 44.7 Å². The van der Waals surface area contributed by atoms with Gasteiger partial charge >= 0.3 is 0 Å². The van der Waals surface area contributed by atoms with Gasteiger partial charge in [-0.15, -0.1) is 0 Å². The molecule has 2 aliphatic heterocycles. The van der Waals surface area contributed by atoms with Crippen LogP contribution in [0, 0.1) is 5.41 Å². The van der Waals surface area contributed by atoms with Crippen LogP contribution in [0.2, 0.25) is 0 Å². The van der Waals surface area contributed by atoms with E-state index in [1.807, 2.05) is 24.3 Å². The number of anilines is 1. The second-order valence-electron chi connectivity index (χ2n) is 8.85. The minimum atomic E-state index is -0.168. The van der Waals surface area contributed by atoms with Crippen LogP contribution in [0.4, 0.5) is 5.69 Å². The van der Waals surface area contributed by atoms with Gasteiger partial charge in [-0.2, -0.15) is 0 Å². The highest BCUT2D eigenvalue weighted by Gasteiger charge is 2.44. The topological polar surface area (TPSA) is 70.2 Å². The van der Waals surface area contributed by atoms with E-state index in [2.05, 4.69) is 4.90 Å². The van der Waals surface area contributed by atoms with Gasteiger partial charge in [0.1, 0.15) is 12.3 Å². The smallest absolute Gasteiger partial charge is 0.242 e. The fourth-order valence-electron chi connectivity index (χ4n) is 5.11. The van der Waals surface area contributed by atoms with Gasteiger partial charge in [-0.3, -0.25) is 19.3 Å². The zero-order valence-electron chi connectivity index (χ0n) is 17.8. The second kappa shape index (κ2) is 8.66. The van der Waals surface area contributed by atoms with Crippen molar-refractivity contribution in [1.29, 1.82) is 0 Å². The first-order chi connectivity index (χ1) is 14.5. The van der Waals surface area contributed by atoms with Crippen LogP contribution in [0.3, 0.4) is 0 Å². The number of methoxy groups -OCH3 is 1. The first kappa shape index (κ1) is 20.7. The molecule has 1 saturated carbocycles. The highest BCUT2D eigenvalue weighted by molar-refractivity contribution is 6.01. The van der Waals surface area contributed by atoms with Crippen LogP contribution in [-0.4, -0.2) is 67.4 Å². The molecule has 3 aliphatic rings. The lowest BCUT2D eigenvalue weighted by molar-refractivity contribution is -0.158. The third kappa shape index (κ3) is 4.30. The van der Waals surface area contributed by atoms with Gasteiger partial charge in [0.05, 0.1) is 7.11 Å². The van der Waals surface area contributed by atoms with Crippen molar-refractivity contribution < 1.29 is 19.1 Å². The van der Waals surface area contributed by atoms with Crippen LogP contribution in [-0.2, 0) is 14.4 Å². The molecular formula is C23H31N3O4. The van der Waals surface area contributed by atoms with Gasteiger partial charge in [0, 0.05) is 44.7 Å². The molecule has 0 radical (unpaired) electrons. The zero-order valence-corrected chi connectivity index (χ0v) is 17.8. The third-order valence-corrected chi connectivity index (χ3v) is 6.93. The molecule has 2 saturated heterocycles. The summed E-state index contributed by atoms with van der Waals surface area (Å²) < 4.78 is 5.20. The van der Waals surface area contributed by atoms with E-state index in [1.54, 1.807) is 12.0 Å². The first-order valence-corrected chi connectivity index (χ1v) is 11.0. The Morgan fingerprint density at radius 3 is 2.10 bits per heavy atom. The number of benzene rings is 1. The Morgan fingerprint density at radius 1 is 0.933 bits per heavy atom. The third-order valence-electron chi connectivity index (χ3n) is 6.93. The Kier molecular flexibility index (Phi) is 5.97. The first-order valence-electron chi connectivity index (χ1n) is 11.0. The molecule has 7 heteroatoms. The molecule has 0 aromatic heterocycles. The lowest BCUT2D eigenvalue weighted by atomic mass is 9.67. The Morgan fingerprint density at radius 2 is 1.53 bits per heavy atom. The van der Waals surface area contributed by atoms with Crippen LogP contribution in [0.5, 0.6) is 5.75 Å². The molecule has 1 aromatic rings. The van der Waals surface area contributed by atoms with Gasteiger partial charge in [0.2, 0.25) is 17.7 Å². The van der Waals surface area contributed by atoms with Gasteiger partial charge in [-0.05, 0) is 42.5 Å². The predicted octanol–water partition coefficient (Wildman–Crippen LogP) is 2.44. The quantitative estimate of drug-likeness (QED) is 0.709. The molecule has 1 aromatic carbocycles. The molecule has 3 fully saturated rings. The number of ether oxygens (including phenoxy) is 1. The summed E-state index contributed by atoms with van der Waals surface area (Å²) in [4.78, 5) is 43.4. The van der Waals surface area contributed by atoms with Crippen molar-refractivity contribution in [3.63, 3.8) is 0 Å². The van der Waals surface area contributed by atoms with E-state index >= 15 is 0 Å². The van der Waals surface area contributed by atoms with Crippen molar-refractivity contribution in [1.82, 2.24) is 9.80 Å². The molecule has 162 valence electrons. The van der Waals surface area contributed by atoms with Gasteiger partial charge in [-0.1, -0.05) is 19.3 Å². The lowest BCUT2D eigenvalue weighted by Gasteiger charge is -2.43. The molecule has 1 aliphatic carbocycles. The average Bonchev–Trinajstić information content (AvgIpc) is 2.77. The van der Waals surface area contributed by atoms with Crippen molar-refractivity contribution in [2.45, 2.75) is 44.9 Å². The summed E-state index contributed by atoms with van der Waals surface area (Å²) in [6, 6.07) is 7.89. The normalized spacial score (nSPS) is 21.8. The molecule has 0 bridgehead atoms. The fraction of sp³-hybridized carbons (Fsp3) is 0.609. The number of carbonyl (C=O) groups excluding carboxylic acids is 3. The number of likely N-dealkylation sites (tertiary alicyclic amines) is 1. The van der Waals surface area contributed by atoms with Crippen molar-refractivity contribution in [3.8, 4) is 5.75 Å². The number of amides is 3. The molecule has 0 unspecified atom stereocenters. The highest BCUT2D eigenvalue weighted by atomic mass is 16.5. The maximum absolute atomic E-state index is 12.8. The SMILES string of the molecule is COc1ccc(N2CCN(C(=O)CN3C(=O)CC4(CCCCC4)CC3=O)CC2)cc1. The van der Waals surface area contributed by atoms with E-state index in [0.29, 0.717) is 25.9 Å². The van der Waals surface area contributed by atoms with Crippen molar-refractivity contribution in [2.24, 2.45) is 5.41 Å². The number of piperidine rings is 1. The monoisotopic (exact) mass is 413 g/mol. The Hall–Kier alpha value is -2.57. The number of piperazine rings is 1. The molecule has 2 heterocycles. The van der Waals surface area contributed by atoms with Crippen molar-refractivity contribution >= 4 is 23.4 Å². The van der Waals surface area contributed by atoms with E-state index in [1.165, 1.54) is 11.3 Å². The van der Waals surface area contributed by atoms with Crippen LogP contribution in [0.15, 0.2) is 24.3 Å². The summed E-state index contributed by atoms with van der Waals surface area (Å²) in [5, 5.41) is 0. The Labute approximate surface area is 177 Å². The predicted molar refractivity (Wildman–Crippen MR) is 113 cm³/mol. The fourth-order valence-corrected chi connectivity index (χ4v) is 5.11. The minimum Gasteiger partial charge on any atom is -0.497 e. The number of nitrogens with zero attached hydrogens (tertiary/aromatic N) is 3. The second-order valence-corrected chi connectivity index (χ2v) is 8.85. The molecule has 4 rings (SSSR count). The largest absolute Gasteiger partial charge is 0.497 e. The minimum absolute atomic E-state index is 0.115. The van der Waals surface area contributed by atoms with Gasteiger partial charge in [-0.25, -0.2) is 0 Å². The highest BCUT2D eigenvalue weighted by Crippen LogP contribution is 2.45. The van der Waals surface area contributed by atoms with Gasteiger partial charge in [0.15, 0.2) is 0 Å². The molecule has 3 amide bonds. The summed E-state index contributed by atoms with van der Waals surface area (Å²) >= 11 is 0. The molecule has 0 atom stereocenters. The van der Waals surface area contributed by atoms with E-state index in [9.17, 15) is 14.4 Å². The van der Waals surface area contributed by atoms with Crippen LogP contribution >= 0.6 is 0 Å². The Balaban J connectivity index is 1.30. The summed E-state index contributed by atoms with van der Waals surface area (Å²) in [6.07, 6.45) is 6.12. The molecule has 1 spiro atoms. The number of imide groups is 1. The summed E-state index contributed by atoms with van der Waals surface area (Å²) in [5.41, 5.74) is 0.956. The maximum atomic E-state index is 12.8. The summed E-state index contributed by atoms with van der Waals surface area (Å²) in [6.45, 7) is 2.51. The Bertz CT molecular complexity index is 773. The lowest BCUT2D eigenvalue weighted by Crippen LogP contribution is -2.55. The van der Waals surface area contributed by atoms with Crippen LogP contribution < -0.4 is 9.64 Å². The summed E-state index contributed by atoms with van der Waals surface area (Å²) in [7, 11) is 1.65. The number of rotatable bonds is 4. The van der Waals surface area contributed by atoms with Gasteiger partial charge < -0.3 is 14.5 Å². The number of carbonyl (C=O) groups is 3. The standard InChI is InChI=1S/C23H31N3O4/c1-30-19-7-5-18(6-8-19)24-11-13-25(14-12-24)22(29)17-26-20(27)15-23(16-21(26)28)9-3-2-4-10-23/h5-8H,2-4,9-17H2,1H3. The van der Waals surface area contributed by atoms with E-state index in [4.69, 9.17) is 4.74 Å². The molecular weight excluding hydrogens is 382 g/mol. The average molecular weight is 414 g/mol. The van der Waals surface area contributed by atoms with E-state index in [-0.39, 0.29) is 29.7 Å². The number of hydrogen-bond acceptors (Lipinski definition) is 5. The van der Waals surface area contributed by atoms with Crippen LogP contribution in [0.1, 0.15) is 44.9 Å². The molecule has 30 heavy (non-hydrogen) atoms. The summed E-state index contributed by atoms with van der Waals surface area (Å²) in [5.74, 6) is 0.348. The zero-order chi connectivity index (χ0) is 21.1. The molecule has 0 N–H and O–H groups in total. The van der Waals surface area contributed by atoms with E-state index < -0.39 is 0 Å².